The Kier molecular flexibility index (Phi) is 17.6. The first-order chi connectivity index (χ1) is 29.7. The second-order valence-electron chi connectivity index (χ2n) is 14.9. The summed E-state index contributed by atoms with van der Waals surface area (Å²) in [6.07, 6.45) is -11.2. The van der Waals surface area contributed by atoms with Crippen LogP contribution < -0.4 is 43.0 Å². The topological polar surface area (TPSA) is 375 Å². The van der Waals surface area contributed by atoms with E-state index in [1.54, 1.807) is 48.5 Å². The van der Waals surface area contributed by atoms with Crippen LogP contribution in [0.15, 0.2) is 58.5 Å². The number of unbranched alkanes of at least 4 members (excludes halogenated alkanes) is 2. The first kappa shape index (κ1) is 47.9. The molecule has 17 N–H and O–H groups in total. The van der Waals surface area contributed by atoms with Gasteiger partial charge in [0.05, 0.1) is 13.2 Å². The van der Waals surface area contributed by atoms with Crippen LogP contribution in [0.2, 0.25) is 0 Å². The normalized spacial score (nSPS) is 29.3. The van der Waals surface area contributed by atoms with Crippen LogP contribution in [-0.4, -0.2) is 160 Å². The lowest BCUT2D eigenvalue weighted by Crippen LogP contribution is -2.65. The lowest BCUT2D eigenvalue weighted by atomic mass is 9.89. The Labute approximate surface area is 357 Å². The van der Waals surface area contributed by atoms with E-state index in [2.05, 4.69) is 20.6 Å². The number of guanidine groups is 2. The summed E-state index contributed by atoms with van der Waals surface area (Å²) in [6.45, 7) is 0.185. The molecule has 2 amide bonds. The van der Waals surface area contributed by atoms with Crippen molar-refractivity contribution in [2.45, 2.75) is 99.1 Å². The number of nitrogens with one attached hydrogen (secondary N) is 2. The molecule has 0 unspecified atom stereocenters. The van der Waals surface area contributed by atoms with Crippen LogP contribution in [0.1, 0.15) is 54.4 Å². The van der Waals surface area contributed by atoms with Crippen LogP contribution in [0.25, 0.3) is 6.08 Å². The van der Waals surface area contributed by atoms with Crippen molar-refractivity contribution in [3.8, 4) is 11.5 Å². The van der Waals surface area contributed by atoms with Gasteiger partial charge in [0.25, 0.3) is 0 Å². The van der Waals surface area contributed by atoms with Crippen molar-refractivity contribution in [3.63, 3.8) is 0 Å². The quantitative estimate of drug-likeness (QED) is 0.0263. The first-order valence-corrected chi connectivity index (χ1v) is 20.2. The molecule has 3 aliphatic rings. The van der Waals surface area contributed by atoms with Gasteiger partial charge in [-0.25, -0.2) is 0 Å². The molecule has 3 aliphatic heterocycles. The summed E-state index contributed by atoms with van der Waals surface area (Å²) < 4.78 is 29.0. The van der Waals surface area contributed by atoms with E-state index in [0.29, 0.717) is 74.3 Å². The lowest BCUT2D eigenvalue weighted by molar-refractivity contribution is -0.352. The first-order valence-electron chi connectivity index (χ1n) is 20.2. The van der Waals surface area contributed by atoms with Gasteiger partial charge in [-0.15, -0.1) is 0 Å². The summed E-state index contributed by atoms with van der Waals surface area (Å²) in [7, 11) is 0. The van der Waals surface area contributed by atoms with Gasteiger partial charge < -0.3 is 93.0 Å². The molecule has 2 aromatic carbocycles. The number of amides is 2. The Bertz CT molecular complexity index is 1860. The molecule has 2 fully saturated rings. The fourth-order valence-corrected chi connectivity index (χ4v) is 7.10. The predicted molar refractivity (Wildman–Crippen MR) is 221 cm³/mol. The van der Waals surface area contributed by atoms with Gasteiger partial charge in [0, 0.05) is 37.8 Å². The number of carbonyl (C=O) groups excluding carboxylic acids is 2. The molecule has 22 nitrogen and oxygen atoms in total. The molecule has 0 spiro atoms. The number of rotatable bonds is 20. The fourth-order valence-electron chi connectivity index (χ4n) is 7.10. The summed E-state index contributed by atoms with van der Waals surface area (Å²) >= 11 is 0. The van der Waals surface area contributed by atoms with Crippen molar-refractivity contribution in [2.75, 3.05) is 39.4 Å². The standard InChI is InChI=1S/C40H58N8O14/c41-39(42)47-15-3-1-13-45-27(51)12-6-20-5-11-24-23(17-20)28(36(57)46-14-2-4-16-48-40(43)44)34(59-24)21-7-9-22(10-8-21)58-37-33(56)31(54)35(26(19-50)61-37)62-38-32(55)30(53)29(52)25(18-49)60-38/h5-12,17,25-26,28-35,37-38,49-50,52-56H,1-4,13-16,18-19H2,(H,45,51)(H,46,57)(H4,41,42,47)(H4,43,44,48)/t25-,26-,28-,29-,30+,31-,32-,33-,34+,35-,37-,38-/m1/s1. The average Bonchev–Trinajstić information content (AvgIpc) is 3.64. The molecule has 62 heavy (non-hydrogen) atoms. The molecule has 0 aromatic heterocycles. The Morgan fingerprint density at radius 3 is 1.97 bits per heavy atom. The van der Waals surface area contributed by atoms with E-state index in [1.165, 1.54) is 6.08 Å². The summed E-state index contributed by atoms with van der Waals surface area (Å²) in [5.41, 5.74) is 23.3. The number of carbonyl (C=O) groups is 2. The molecule has 0 radical (unpaired) electrons. The Balaban J connectivity index is 1.26. The Morgan fingerprint density at radius 2 is 1.34 bits per heavy atom. The van der Waals surface area contributed by atoms with Crippen molar-refractivity contribution in [2.24, 2.45) is 32.9 Å². The number of aliphatic hydroxyl groups excluding tert-OH is 7. The maximum absolute atomic E-state index is 13.9. The van der Waals surface area contributed by atoms with Crippen molar-refractivity contribution in [3.05, 3.63) is 65.2 Å². The second kappa shape index (κ2) is 22.8. The highest BCUT2D eigenvalue weighted by molar-refractivity contribution is 5.92. The zero-order chi connectivity index (χ0) is 44.9. The van der Waals surface area contributed by atoms with E-state index in [0.717, 1.165) is 0 Å². The van der Waals surface area contributed by atoms with E-state index < -0.39 is 86.6 Å². The number of aliphatic hydroxyl groups is 7. The Morgan fingerprint density at radius 1 is 0.726 bits per heavy atom. The van der Waals surface area contributed by atoms with Crippen molar-refractivity contribution in [1.29, 1.82) is 0 Å². The molecular weight excluding hydrogens is 816 g/mol. The number of hydrogen-bond acceptors (Lipinski definition) is 16. The minimum Gasteiger partial charge on any atom is -0.484 e. The molecule has 2 saturated heterocycles. The number of aliphatic imine (C=N–C) groups is 2. The predicted octanol–water partition coefficient (Wildman–Crippen LogP) is -3.74. The van der Waals surface area contributed by atoms with Gasteiger partial charge in [0.1, 0.15) is 72.4 Å². The number of ether oxygens (including phenoxy) is 5. The van der Waals surface area contributed by atoms with Gasteiger partial charge >= 0.3 is 0 Å². The maximum atomic E-state index is 13.9. The minimum atomic E-state index is -1.81. The van der Waals surface area contributed by atoms with Gasteiger partial charge in [-0.3, -0.25) is 19.6 Å². The summed E-state index contributed by atoms with van der Waals surface area (Å²) in [5.74, 6) is -0.779. The monoisotopic (exact) mass is 874 g/mol. The highest BCUT2D eigenvalue weighted by Crippen LogP contribution is 2.47. The van der Waals surface area contributed by atoms with Gasteiger partial charge in [0.2, 0.25) is 18.1 Å². The minimum absolute atomic E-state index is 0.0159. The molecule has 12 atom stereocenters. The van der Waals surface area contributed by atoms with Crippen LogP contribution >= 0.6 is 0 Å². The molecule has 3 heterocycles. The van der Waals surface area contributed by atoms with Crippen LogP contribution in [0.3, 0.4) is 0 Å². The second-order valence-corrected chi connectivity index (χ2v) is 14.9. The highest BCUT2D eigenvalue weighted by atomic mass is 16.7. The molecule has 342 valence electrons. The van der Waals surface area contributed by atoms with Crippen LogP contribution in [-0.2, 0) is 23.8 Å². The number of benzene rings is 2. The van der Waals surface area contributed by atoms with Gasteiger partial charge in [-0.05, 0) is 67.2 Å². The smallest absolute Gasteiger partial charge is 0.243 e. The lowest BCUT2D eigenvalue weighted by Gasteiger charge is -2.45. The van der Waals surface area contributed by atoms with E-state index >= 15 is 0 Å². The summed E-state index contributed by atoms with van der Waals surface area (Å²) in [5, 5.41) is 78.1. The van der Waals surface area contributed by atoms with Crippen molar-refractivity contribution in [1.82, 2.24) is 10.6 Å². The van der Waals surface area contributed by atoms with E-state index in [-0.39, 0.29) is 29.5 Å². The van der Waals surface area contributed by atoms with Crippen molar-refractivity contribution < 1.29 is 69.0 Å². The molecule has 0 saturated carbocycles. The molecule has 22 heteroatoms. The third-order valence-corrected chi connectivity index (χ3v) is 10.4. The number of fused-ring (bicyclic) bond motifs is 1. The summed E-state index contributed by atoms with van der Waals surface area (Å²) in [6, 6.07) is 11.7. The van der Waals surface area contributed by atoms with Gasteiger partial charge in [-0.2, -0.15) is 0 Å². The highest BCUT2D eigenvalue weighted by Gasteiger charge is 2.51. The largest absolute Gasteiger partial charge is 0.484 e. The van der Waals surface area contributed by atoms with Crippen LogP contribution in [0.4, 0.5) is 0 Å². The third-order valence-electron chi connectivity index (χ3n) is 10.4. The van der Waals surface area contributed by atoms with Gasteiger partial charge in [-0.1, -0.05) is 18.2 Å². The number of nitrogens with two attached hydrogens (primary N) is 4. The maximum Gasteiger partial charge on any atom is 0.243 e. The fraction of sp³-hybridized carbons (Fsp3) is 0.550. The van der Waals surface area contributed by atoms with E-state index in [1.807, 2.05) is 0 Å². The molecule has 0 aliphatic carbocycles. The van der Waals surface area contributed by atoms with Crippen LogP contribution in [0.5, 0.6) is 11.5 Å². The molecular formula is C40H58N8O14. The van der Waals surface area contributed by atoms with Crippen LogP contribution in [0, 0.1) is 0 Å². The summed E-state index contributed by atoms with van der Waals surface area (Å²) in [4.78, 5) is 34.3. The third kappa shape index (κ3) is 12.5. The van der Waals surface area contributed by atoms with Gasteiger partial charge in [0.15, 0.2) is 18.2 Å². The van der Waals surface area contributed by atoms with E-state index in [4.69, 9.17) is 46.6 Å². The SMILES string of the molecule is NC(N)=NCCCCNC(=O)C=Cc1ccc2c(c1)[C@@H](C(=O)NCCCCN=C(N)N)[C@H](c1ccc(O[C@@H]3O[C@H](CO)[C@@H](O[C@H]4O[C@H](CO)[C@@H](O)[C@H](O)[C@H]4O)[C@H](O)[C@H]3O)cc1)O2. The zero-order valence-corrected chi connectivity index (χ0v) is 33.9. The van der Waals surface area contributed by atoms with Crippen molar-refractivity contribution >= 4 is 29.8 Å². The van der Waals surface area contributed by atoms with E-state index in [9.17, 15) is 45.3 Å². The Hall–Kier alpha value is -5.14. The average molecular weight is 875 g/mol. The number of hydrogen-bond donors (Lipinski definition) is 13. The zero-order valence-electron chi connectivity index (χ0n) is 33.9. The number of nitrogens with zero attached hydrogens (tertiary/aromatic N) is 2. The molecule has 5 rings (SSSR count). The molecule has 0 bridgehead atoms. The molecule has 2 aromatic rings.